The molecule has 0 spiro atoms. The minimum atomic E-state index is -0.821. The normalized spacial score (nSPS) is 15.1. The monoisotopic (exact) mass is 406 g/mol. The second kappa shape index (κ2) is 7.73. The summed E-state index contributed by atoms with van der Waals surface area (Å²) in [7, 11) is 1.91. The highest BCUT2D eigenvalue weighted by molar-refractivity contribution is 7.16. The van der Waals surface area contributed by atoms with Gasteiger partial charge in [-0.1, -0.05) is 38.1 Å². The Labute approximate surface area is 175 Å². The summed E-state index contributed by atoms with van der Waals surface area (Å²) >= 11 is 1.65. The van der Waals surface area contributed by atoms with Gasteiger partial charge in [0.1, 0.15) is 0 Å². The molecule has 0 aliphatic heterocycles. The summed E-state index contributed by atoms with van der Waals surface area (Å²) < 4.78 is 0. The van der Waals surface area contributed by atoms with E-state index in [0.29, 0.717) is 12.1 Å². The van der Waals surface area contributed by atoms with E-state index in [1.807, 2.05) is 25.2 Å². The second-order valence-corrected chi connectivity index (χ2v) is 9.57. The fraction of sp³-hybridized carbons (Fsp3) is 0.333. The maximum absolute atomic E-state index is 12.2. The van der Waals surface area contributed by atoms with Crippen LogP contribution >= 0.6 is 11.3 Å². The molecule has 150 valence electrons. The molecule has 0 fully saturated rings. The highest BCUT2D eigenvalue weighted by Crippen LogP contribution is 2.45. The first kappa shape index (κ1) is 19.8. The number of nitrogens with zero attached hydrogens (tertiary/aromatic N) is 1. The number of nitrogens with one attached hydrogen (secondary N) is 1. The van der Waals surface area contributed by atoms with Crippen molar-refractivity contribution in [3.63, 3.8) is 0 Å². The van der Waals surface area contributed by atoms with E-state index in [1.54, 1.807) is 17.5 Å². The Morgan fingerprint density at radius 3 is 2.79 bits per heavy atom. The average molecular weight is 407 g/mol. The van der Waals surface area contributed by atoms with E-state index in [2.05, 4.69) is 42.3 Å². The molecule has 4 nitrogen and oxygen atoms in total. The van der Waals surface area contributed by atoms with Gasteiger partial charge in [0.15, 0.2) is 0 Å². The molecule has 29 heavy (non-hydrogen) atoms. The van der Waals surface area contributed by atoms with Gasteiger partial charge in [0.25, 0.3) is 0 Å². The number of rotatable bonds is 5. The zero-order valence-electron chi connectivity index (χ0n) is 17.1. The van der Waals surface area contributed by atoms with Crippen LogP contribution in [0.1, 0.15) is 46.8 Å². The number of aromatic nitrogens is 1. The predicted molar refractivity (Wildman–Crippen MR) is 119 cm³/mol. The Balaban J connectivity index is 1.83. The smallest absolute Gasteiger partial charge is 0.337 e. The molecule has 1 aromatic carbocycles. The molecule has 0 radical (unpaired) electrons. The number of fused-ring (bicyclic) bond motifs is 1. The molecule has 1 aliphatic rings. The maximum atomic E-state index is 12.2. The van der Waals surface area contributed by atoms with Gasteiger partial charge in [-0.25, -0.2) is 4.79 Å². The van der Waals surface area contributed by atoms with Crippen molar-refractivity contribution in [2.24, 2.45) is 5.41 Å². The third-order valence-electron chi connectivity index (χ3n) is 5.66. The number of benzene rings is 1. The molecule has 4 rings (SSSR count). The largest absolute Gasteiger partial charge is 0.478 e. The summed E-state index contributed by atoms with van der Waals surface area (Å²) in [5.41, 5.74) is 5.77. The van der Waals surface area contributed by atoms with Crippen LogP contribution in [0, 0.1) is 5.41 Å². The van der Waals surface area contributed by atoms with E-state index < -0.39 is 5.97 Å². The van der Waals surface area contributed by atoms with Gasteiger partial charge in [0.05, 0.1) is 11.3 Å². The summed E-state index contributed by atoms with van der Waals surface area (Å²) in [6, 6.07) is 12.2. The molecule has 0 saturated heterocycles. The lowest BCUT2D eigenvalue weighted by Gasteiger charge is -2.29. The van der Waals surface area contributed by atoms with E-state index in [-0.39, 0.29) is 5.41 Å². The summed E-state index contributed by atoms with van der Waals surface area (Å²) in [6.45, 7) is 5.14. The molecular weight excluding hydrogens is 380 g/mol. The van der Waals surface area contributed by atoms with E-state index in [1.165, 1.54) is 4.88 Å². The molecule has 2 N–H and O–H groups in total. The highest BCUT2D eigenvalue weighted by Gasteiger charge is 2.33. The number of carbonyl (C=O) groups is 1. The lowest BCUT2D eigenvalue weighted by atomic mass is 9.76. The number of carboxylic acids is 1. The maximum Gasteiger partial charge on any atom is 0.337 e. The number of aromatic carboxylic acids is 1. The summed E-state index contributed by atoms with van der Waals surface area (Å²) in [4.78, 5) is 18.8. The minimum absolute atomic E-state index is 0.148. The first-order valence-electron chi connectivity index (χ1n) is 9.97. The molecule has 0 unspecified atom stereocenters. The Morgan fingerprint density at radius 2 is 2.03 bits per heavy atom. The van der Waals surface area contributed by atoms with Gasteiger partial charge < -0.3 is 10.4 Å². The summed E-state index contributed by atoms with van der Waals surface area (Å²) in [5.74, 6) is -0.821. The molecule has 0 saturated carbocycles. The molecule has 2 aromatic heterocycles. The van der Waals surface area contributed by atoms with Crippen LogP contribution in [0.25, 0.3) is 21.6 Å². The topological polar surface area (TPSA) is 62.2 Å². The molecule has 0 atom stereocenters. The standard InChI is InChI=1S/C24H26N2O2S/c1-24(2)10-9-20-18(13-24)21(23(27)28)22(29-20)16-7-4-6-15(12-16)17-8-5-11-26-19(17)14-25-3/h4-8,11-12,25H,9-10,13-14H2,1-3H3,(H,27,28). The van der Waals surface area contributed by atoms with Crippen molar-refractivity contribution < 1.29 is 9.90 Å². The minimum Gasteiger partial charge on any atom is -0.478 e. The molecule has 2 heterocycles. The van der Waals surface area contributed by atoms with Gasteiger partial charge in [0, 0.05) is 28.1 Å². The van der Waals surface area contributed by atoms with Crippen molar-refractivity contribution in [2.45, 2.75) is 39.7 Å². The first-order chi connectivity index (χ1) is 13.9. The van der Waals surface area contributed by atoms with Gasteiger partial charge in [-0.05, 0) is 60.5 Å². The van der Waals surface area contributed by atoms with Gasteiger partial charge in [0.2, 0.25) is 0 Å². The fourth-order valence-electron chi connectivity index (χ4n) is 4.19. The molecule has 1 aliphatic carbocycles. The van der Waals surface area contributed by atoms with E-state index in [4.69, 9.17) is 0 Å². The zero-order chi connectivity index (χ0) is 20.6. The van der Waals surface area contributed by atoms with Crippen LogP contribution in [0.5, 0.6) is 0 Å². The molecule has 0 amide bonds. The average Bonchev–Trinajstić information content (AvgIpc) is 3.06. The number of hydrogen-bond acceptors (Lipinski definition) is 4. The highest BCUT2D eigenvalue weighted by atomic mass is 32.1. The first-order valence-corrected chi connectivity index (χ1v) is 10.8. The Kier molecular flexibility index (Phi) is 5.28. The number of aryl methyl sites for hydroxylation is 1. The SMILES string of the molecule is CNCc1ncccc1-c1cccc(-c2sc3c(c2C(=O)O)CC(C)(C)CC3)c1. The van der Waals surface area contributed by atoms with Crippen LogP contribution < -0.4 is 5.32 Å². The third-order valence-corrected chi connectivity index (χ3v) is 7.00. The van der Waals surface area contributed by atoms with Gasteiger partial charge in [-0.3, -0.25) is 4.98 Å². The van der Waals surface area contributed by atoms with Crippen molar-refractivity contribution in [3.05, 3.63) is 64.3 Å². The lowest BCUT2D eigenvalue weighted by Crippen LogP contribution is -2.22. The van der Waals surface area contributed by atoms with Crippen LogP contribution in [0.2, 0.25) is 0 Å². The van der Waals surface area contributed by atoms with Crippen molar-refractivity contribution in [1.29, 1.82) is 0 Å². The summed E-state index contributed by atoms with van der Waals surface area (Å²) in [6.07, 6.45) is 4.69. The van der Waals surface area contributed by atoms with Gasteiger partial charge in [-0.2, -0.15) is 0 Å². The van der Waals surface area contributed by atoms with Crippen LogP contribution in [0.15, 0.2) is 42.6 Å². The van der Waals surface area contributed by atoms with Crippen LogP contribution in [-0.2, 0) is 19.4 Å². The Morgan fingerprint density at radius 1 is 1.24 bits per heavy atom. The second-order valence-electron chi connectivity index (χ2n) is 8.46. The molecule has 0 bridgehead atoms. The van der Waals surface area contributed by atoms with Crippen LogP contribution in [-0.4, -0.2) is 23.1 Å². The van der Waals surface area contributed by atoms with Crippen molar-refractivity contribution in [2.75, 3.05) is 7.05 Å². The third kappa shape index (κ3) is 3.85. The Bertz CT molecular complexity index is 1070. The zero-order valence-corrected chi connectivity index (χ0v) is 17.9. The van der Waals surface area contributed by atoms with E-state index >= 15 is 0 Å². The molecule has 3 aromatic rings. The van der Waals surface area contributed by atoms with Crippen molar-refractivity contribution >= 4 is 17.3 Å². The number of thiophene rings is 1. The quantitative estimate of drug-likeness (QED) is 0.595. The Hall–Kier alpha value is -2.50. The number of hydrogen-bond donors (Lipinski definition) is 2. The molecule has 5 heteroatoms. The van der Waals surface area contributed by atoms with Gasteiger partial charge in [-0.15, -0.1) is 11.3 Å². The van der Waals surface area contributed by atoms with Crippen LogP contribution in [0.3, 0.4) is 0 Å². The molecular formula is C24H26N2O2S. The fourth-order valence-corrected chi connectivity index (χ4v) is 5.49. The van der Waals surface area contributed by atoms with E-state index in [9.17, 15) is 9.90 Å². The van der Waals surface area contributed by atoms with Gasteiger partial charge >= 0.3 is 5.97 Å². The van der Waals surface area contributed by atoms with Crippen LogP contribution in [0.4, 0.5) is 0 Å². The predicted octanol–water partition coefficient (Wildman–Crippen LogP) is 5.41. The lowest BCUT2D eigenvalue weighted by molar-refractivity contribution is 0.0696. The summed E-state index contributed by atoms with van der Waals surface area (Å²) in [5, 5.41) is 13.2. The number of carboxylic acid groups (broad SMARTS) is 1. The van der Waals surface area contributed by atoms with Crippen molar-refractivity contribution in [3.8, 4) is 21.6 Å². The van der Waals surface area contributed by atoms with Crippen molar-refractivity contribution in [1.82, 2.24) is 10.3 Å². The van der Waals surface area contributed by atoms with E-state index in [0.717, 1.165) is 52.1 Å². The number of pyridine rings is 1.